The van der Waals surface area contributed by atoms with Crippen molar-refractivity contribution >= 4 is 5.69 Å². The molecule has 0 aromatic heterocycles. The van der Waals surface area contributed by atoms with E-state index in [0.717, 1.165) is 23.1 Å². The molecule has 0 spiro atoms. The van der Waals surface area contributed by atoms with Crippen LogP contribution in [0, 0.1) is 30.5 Å². The largest absolute Gasteiger partial charge is 0.382 e. The van der Waals surface area contributed by atoms with Gasteiger partial charge in [0, 0.05) is 11.7 Å². The third kappa shape index (κ3) is 2.16. The maximum Gasteiger partial charge on any atom is 0.125 e. The number of hydrogen-bond acceptors (Lipinski definition) is 1. The number of halogens is 1. The molecule has 0 heterocycles. The average molecular weight is 245 g/mol. The zero-order chi connectivity index (χ0) is 12.7. The summed E-state index contributed by atoms with van der Waals surface area (Å²) < 4.78 is 13.4. The minimum Gasteiger partial charge on any atom is -0.382 e. The second kappa shape index (κ2) is 4.42. The van der Waals surface area contributed by atoms with E-state index in [4.69, 9.17) is 0 Å². The predicted molar refractivity (Wildman–Crippen MR) is 73.1 cm³/mol. The quantitative estimate of drug-likeness (QED) is 0.789. The number of allylic oxidation sites excluding steroid dienone is 2. The molecule has 0 aliphatic heterocycles. The Hall–Kier alpha value is -1.31. The summed E-state index contributed by atoms with van der Waals surface area (Å²) in [7, 11) is 0. The SMILES string of the molecule is Cc1cc(F)cc(NC(C)C2CC3C=CC2C3)c1. The summed E-state index contributed by atoms with van der Waals surface area (Å²) in [6.45, 7) is 4.15. The highest BCUT2D eigenvalue weighted by Crippen LogP contribution is 2.45. The molecular formula is C16H20FN. The first kappa shape index (κ1) is 11.8. The Balaban J connectivity index is 1.70. The van der Waals surface area contributed by atoms with E-state index in [-0.39, 0.29) is 5.82 Å². The van der Waals surface area contributed by atoms with Gasteiger partial charge in [-0.2, -0.15) is 0 Å². The molecule has 4 unspecified atom stereocenters. The Morgan fingerprint density at radius 2 is 2.06 bits per heavy atom. The van der Waals surface area contributed by atoms with E-state index in [9.17, 15) is 4.39 Å². The van der Waals surface area contributed by atoms with Crippen molar-refractivity contribution in [1.82, 2.24) is 0 Å². The van der Waals surface area contributed by atoms with Gasteiger partial charge in [-0.15, -0.1) is 0 Å². The van der Waals surface area contributed by atoms with Crippen LogP contribution in [0.3, 0.4) is 0 Å². The summed E-state index contributed by atoms with van der Waals surface area (Å²) >= 11 is 0. The highest BCUT2D eigenvalue weighted by Gasteiger charge is 2.38. The van der Waals surface area contributed by atoms with Crippen molar-refractivity contribution in [3.05, 3.63) is 41.7 Å². The standard InChI is InChI=1S/C16H20FN/c1-10-5-14(17)9-15(6-10)18-11(2)16-8-12-3-4-13(16)7-12/h3-6,9,11-13,16,18H,7-8H2,1-2H3. The summed E-state index contributed by atoms with van der Waals surface area (Å²) in [5.74, 6) is 2.06. The van der Waals surface area contributed by atoms with E-state index in [1.165, 1.54) is 12.8 Å². The van der Waals surface area contributed by atoms with Gasteiger partial charge in [0.05, 0.1) is 0 Å². The lowest BCUT2D eigenvalue weighted by molar-refractivity contribution is 0.400. The second-order valence-corrected chi connectivity index (χ2v) is 5.89. The first-order valence-corrected chi connectivity index (χ1v) is 6.84. The van der Waals surface area contributed by atoms with Crippen molar-refractivity contribution in [2.45, 2.75) is 32.7 Å². The molecule has 1 aromatic carbocycles. The molecular weight excluding hydrogens is 225 g/mol. The van der Waals surface area contributed by atoms with E-state index >= 15 is 0 Å². The van der Waals surface area contributed by atoms with Crippen molar-refractivity contribution in [3.8, 4) is 0 Å². The van der Waals surface area contributed by atoms with Gasteiger partial charge in [-0.1, -0.05) is 12.2 Å². The number of anilines is 1. The van der Waals surface area contributed by atoms with E-state index < -0.39 is 0 Å². The van der Waals surface area contributed by atoms with Gasteiger partial charge in [-0.25, -0.2) is 4.39 Å². The van der Waals surface area contributed by atoms with Gasteiger partial charge in [0.15, 0.2) is 0 Å². The first-order chi connectivity index (χ1) is 8.61. The van der Waals surface area contributed by atoms with Crippen molar-refractivity contribution < 1.29 is 4.39 Å². The summed E-state index contributed by atoms with van der Waals surface area (Å²) in [6.07, 6.45) is 7.33. The van der Waals surface area contributed by atoms with E-state index in [1.54, 1.807) is 12.1 Å². The molecule has 2 heteroatoms. The average Bonchev–Trinajstić information content (AvgIpc) is 2.88. The summed E-state index contributed by atoms with van der Waals surface area (Å²) in [6, 6.07) is 5.58. The van der Waals surface area contributed by atoms with Crippen molar-refractivity contribution in [2.75, 3.05) is 5.32 Å². The highest BCUT2D eigenvalue weighted by atomic mass is 19.1. The van der Waals surface area contributed by atoms with Gasteiger partial charge in [0.2, 0.25) is 0 Å². The first-order valence-electron chi connectivity index (χ1n) is 6.84. The van der Waals surface area contributed by atoms with Crippen LogP contribution in [0.1, 0.15) is 25.3 Å². The zero-order valence-electron chi connectivity index (χ0n) is 11.0. The Bertz CT molecular complexity index is 460. The molecule has 1 nitrogen and oxygen atoms in total. The smallest absolute Gasteiger partial charge is 0.125 e. The molecule has 2 aliphatic carbocycles. The highest BCUT2D eigenvalue weighted by molar-refractivity contribution is 5.47. The van der Waals surface area contributed by atoms with Gasteiger partial charge in [-0.05, 0) is 68.2 Å². The summed E-state index contributed by atoms with van der Waals surface area (Å²) in [5, 5.41) is 3.48. The topological polar surface area (TPSA) is 12.0 Å². The minimum absolute atomic E-state index is 0.155. The molecule has 1 N–H and O–H groups in total. The van der Waals surface area contributed by atoms with Crippen LogP contribution in [0.5, 0.6) is 0 Å². The third-order valence-corrected chi connectivity index (χ3v) is 4.41. The Morgan fingerprint density at radius 3 is 2.67 bits per heavy atom. The molecule has 0 amide bonds. The molecule has 2 aliphatic rings. The molecule has 4 atom stereocenters. The molecule has 1 aromatic rings. The number of hydrogen-bond donors (Lipinski definition) is 1. The minimum atomic E-state index is -0.155. The number of rotatable bonds is 3. The van der Waals surface area contributed by atoms with Gasteiger partial charge in [0.1, 0.15) is 5.82 Å². The van der Waals surface area contributed by atoms with E-state index in [0.29, 0.717) is 12.0 Å². The normalized spacial score (nSPS) is 30.7. The van der Waals surface area contributed by atoms with Crippen LogP contribution in [0.4, 0.5) is 10.1 Å². The molecule has 2 bridgehead atoms. The second-order valence-electron chi connectivity index (χ2n) is 5.89. The predicted octanol–water partition coefficient (Wildman–Crippen LogP) is 4.15. The number of nitrogens with one attached hydrogen (secondary N) is 1. The monoisotopic (exact) mass is 245 g/mol. The molecule has 0 radical (unpaired) electrons. The van der Waals surface area contributed by atoms with Gasteiger partial charge in [-0.3, -0.25) is 0 Å². The maximum absolute atomic E-state index is 13.4. The molecule has 1 saturated carbocycles. The van der Waals surface area contributed by atoms with E-state index in [1.807, 2.05) is 13.0 Å². The fourth-order valence-electron chi connectivity index (χ4n) is 3.59. The van der Waals surface area contributed by atoms with Crippen LogP contribution in [0.25, 0.3) is 0 Å². The van der Waals surface area contributed by atoms with Crippen LogP contribution < -0.4 is 5.32 Å². The third-order valence-electron chi connectivity index (χ3n) is 4.41. The number of fused-ring (bicyclic) bond motifs is 2. The lowest BCUT2D eigenvalue weighted by Gasteiger charge is -2.27. The molecule has 96 valence electrons. The molecule has 0 saturated heterocycles. The fraction of sp³-hybridized carbons (Fsp3) is 0.500. The number of benzene rings is 1. The summed E-state index contributed by atoms with van der Waals surface area (Å²) in [4.78, 5) is 0. The van der Waals surface area contributed by atoms with Crippen molar-refractivity contribution in [3.63, 3.8) is 0 Å². The van der Waals surface area contributed by atoms with Gasteiger partial charge < -0.3 is 5.32 Å². The Kier molecular flexibility index (Phi) is 2.89. The lowest BCUT2D eigenvalue weighted by atomic mass is 9.87. The van der Waals surface area contributed by atoms with Crippen LogP contribution in [0.2, 0.25) is 0 Å². The maximum atomic E-state index is 13.4. The fourth-order valence-corrected chi connectivity index (χ4v) is 3.59. The molecule has 3 rings (SSSR count). The van der Waals surface area contributed by atoms with Crippen LogP contribution >= 0.6 is 0 Å². The Labute approximate surface area is 108 Å². The van der Waals surface area contributed by atoms with E-state index in [2.05, 4.69) is 24.4 Å². The van der Waals surface area contributed by atoms with Crippen LogP contribution in [0.15, 0.2) is 30.4 Å². The van der Waals surface area contributed by atoms with Crippen molar-refractivity contribution in [2.24, 2.45) is 17.8 Å². The van der Waals surface area contributed by atoms with Crippen LogP contribution in [-0.4, -0.2) is 6.04 Å². The lowest BCUT2D eigenvalue weighted by Crippen LogP contribution is -2.28. The van der Waals surface area contributed by atoms with Crippen molar-refractivity contribution in [1.29, 1.82) is 0 Å². The number of aryl methyl sites for hydroxylation is 1. The summed E-state index contributed by atoms with van der Waals surface area (Å²) in [5.41, 5.74) is 1.88. The van der Waals surface area contributed by atoms with Gasteiger partial charge >= 0.3 is 0 Å². The Morgan fingerprint density at radius 1 is 1.22 bits per heavy atom. The molecule has 18 heavy (non-hydrogen) atoms. The molecule has 1 fully saturated rings. The zero-order valence-corrected chi connectivity index (χ0v) is 11.0. The van der Waals surface area contributed by atoms with Gasteiger partial charge in [0.25, 0.3) is 0 Å². The van der Waals surface area contributed by atoms with Crippen LogP contribution in [-0.2, 0) is 0 Å².